The number of rotatable bonds is 8. The lowest BCUT2D eigenvalue weighted by Gasteiger charge is -2.28. The zero-order valence-corrected chi connectivity index (χ0v) is 37.2. The zero-order valence-electron chi connectivity index (χ0n) is 37.2. The number of hydrogen-bond donors (Lipinski definition) is 0. The molecule has 0 amide bonds. The molecule has 13 aromatic rings. The standard InChI is InChI=1S/C66H43NO/c1-2-14-44(15-3-1)45-28-30-49(31-29-45)65-56-21-7-4-16-47(56)36-41-57(65)48-34-39-54(40-35-48)67(63-43-52-17-5-6-20-55(52)59-22-8-9-23-60(59)63)53-37-32-46(33-38-53)50-18-12-19-51(42-50)58-25-13-26-62-61-24-10-11-27-64(61)68-66(58)62/h1-43H. The fourth-order valence-corrected chi connectivity index (χ4v) is 10.4. The van der Waals surface area contributed by atoms with Crippen LogP contribution in [0.1, 0.15) is 0 Å². The third-order valence-corrected chi connectivity index (χ3v) is 13.7. The summed E-state index contributed by atoms with van der Waals surface area (Å²) in [6.45, 7) is 0. The monoisotopic (exact) mass is 865 g/mol. The first-order valence-corrected chi connectivity index (χ1v) is 23.3. The predicted molar refractivity (Wildman–Crippen MR) is 288 cm³/mol. The Morgan fingerprint density at radius 2 is 0.794 bits per heavy atom. The van der Waals surface area contributed by atoms with E-state index >= 15 is 0 Å². The minimum Gasteiger partial charge on any atom is -0.455 e. The van der Waals surface area contributed by atoms with E-state index in [1.807, 2.05) is 12.1 Å². The van der Waals surface area contributed by atoms with Gasteiger partial charge in [0.05, 0.1) is 5.69 Å². The Morgan fingerprint density at radius 1 is 0.265 bits per heavy atom. The molecule has 0 saturated carbocycles. The van der Waals surface area contributed by atoms with Crippen molar-refractivity contribution in [1.29, 1.82) is 0 Å². The van der Waals surface area contributed by atoms with Crippen LogP contribution < -0.4 is 4.90 Å². The first kappa shape index (κ1) is 39.4. The molecule has 0 N–H and O–H groups in total. The average molecular weight is 866 g/mol. The average Bonchev–Trinajstić information content (AvgIpc) is 3.81. The third-order valence-electron chi connectivity index (χ3n) is 13.7. The fraction of sp³-hybridized carbons (Fsp3) is 0. The highest BCUT2D eigenvalue weighted by Crippen LogP contribution is 2.45. The number of furan rings is 1. The van der Waals surface area contributed by atoms with Crippen LogP contribution in [0.3, 0.4) is 0 Å². The second-order valence-electron chi connectivity index (χ2n) is 17.6. The highest BCUT2D eigenvalue weighted by atomic mass is 16.3. The molecular formula is C66H43NO. The zero-order chi connectivity index (χ0) is 45.0. The Hall–Kier alpha value is -8.98. The maximum atomic E-state index is 6.45. The van der Waals surface area contributed by atoms with Gasteiger partial charge in [0.2, 0.25) is 0 Å². The van der Waals surface area contributed by atoms with E-state index in [-0.39, 0.29) is 0 Å². The molecule has 1 heterocycles. The van der Waals surface area contributed by atoms with Crippen molar-refractivity contribution in [2.75, 3.05) is 4.90 Å². The molecule has 0 atom stereocenters. The Morgan fingerprint density at radius 3 is 1.57 bits per heavy atom. The van der Waals surface area contributed by atoms with E-state index in [0.29, 0.717) is 0 Å². The molecule has 0 aliphatic heterocycles. The van der Waals surface area contributed by atoms with Crippen molar-refractivity contribution in [2.24, 2.45) is 0 Å². The Balaban J connectivity index is 0.916. The van der Waals surface area contributed by atoms with Crippen molar-refractivity contribution in [3.63, 3.8) is 0 Å². The van der Waals surface area contributed by atoms with Gasteiger partial charge in [-0.1, -0.05) is 218 Å². The molecule has 0 saturated heterocycles. The highest BCUT2D eigenvalue weighted by molar-refractivity contribution is 6.15. The van der Waals surface area contributed by atoms with E-state index < -0.39 is 0 Å². The molecule has 0 aliphatic rings. The van der Waals surface area contributed by atoms with E-state index in [9.17, 15) is 0 Å². The summed E-state index contributed by atoms with van der Waals surface area (Å²) in [5, 5.41) is 9.61. The summed E-state index contributed by atoms with van der Waals surface area (Å²) in [5.41, 5.74) is 16.8. The van der Waals surface area contributed by atoms with Crippen molar-refractivity contribution in [3.8, 4) is 55.6 Å². The van der Waals surface area contributed by atoms with Crippen molar-refractivity contribution < 1.29 is 4.42 Å². The van der Waals surface area contributed by atoms with E-state index in [0.717, 1.165) is 61.3 Å². The molecule has 318 valence electrons. The van der Waals surface area contributed by atoms with Crippen LogP contribution in [0.25, 0.3) is 110 Å². The molecule has 0 fully saturated rings. The molecule has 0 aliphatic carbocycles. The van der Waals surface area contributed by atoms with Crippen LogP contribution in [0.15, 0.2) is 265 Å². The van der Waals surface area contributed by atoms with Crippen molar-refractivity contribution in [2.45, 2.75) is 0 Å². The molecule has 2 heteroatoms. The molecule has 0 unspecified atom stereocenters. The number of nitrogens with zero attached hydrogens (tertiary/aromatic N) is 1. The SMILES string of the molecule is c1ccc(-c2ccc(-c3c(-c4ccc(N(c5ccc(-c6cccc(-c7cccc8c7oc7ccccc78)c6)cc5)c5cc6ccccc6c6ccccc56)cc4)ccc4ccccc34)cc2)cc1. The molecule has 2 nitrogen and oxygen atoms in total. The third kappa shape index (κ3) is 6.82. The van der Waals surface area contributed by atoms with Crippen LogP contribution in [-0.4, -0.2) is 0 Å². The van der Waals surface area contributed by atoms with Gasteiger partial charge in [0.1, 0.15) is 11.2 Å². The van der Waals surface area contributed by atoms with Crippen LogP contribution in [0.2, 0.25) is 0 Å². The molecule has 68 heavy (non-hydrogen) atoms. The summed E-state index contributed by atoms with van der Waals surface area (Å²) >= 11 is 0. The maximum absolute atomic E-state index is 6.45. The van der Waals surface area contributed by atoms with Crippen LogP contribution in [0, 0.1) is 0 Å². The normalized spacial score (nSPS) is 11.5. The number of fused-ring (bicyclic) bond motifs is 7. The summed E-state index contributed by atoms with van der Waals surface area (Å²) < 4.78 is 6.45. The molecule has 1 aromatic heterocycles. The molecule has 0 bridgehead atoms. The van der Waals surface area contributed by atoms with E-state index in [1.165, 1.54) is 65.7 Å². The molecule has 12 aromatic carbocycles. The Bertz CT molecular complexity index is 4000. The van der Waals surface area contributed by atoms with Gasteiger partial charge in [0, 0.05) is 33.1 Å². The summed E-state index contributed by atoms with van der Waals surface area (Å²) in [6.07, 6.45) is 0. The lowest BCUT2D eigenvalue weighted by molar-refractivity contribution is 0.670. The minimum absolute atomic E-state index is 0.906. The lowest BCUT2D eigenvalue weighted by atomic mass is 9.89. The number of para-hydroxylation sites is 2. The van der Waals surface area contributed by atoms with Gasteiger partial charge in [0.15, 0.2) is 0 Å². The van der Waals surface area contributed by atoms with Crippen LogP contribution in [-0.2, 0) is 0 Å². The molecule has 13 rings (SSSR count). The van der Waals surface area contributed by atoms with Gasteiger partial charge >= 0.3 is 0 Å². The van der Waals surface area contributed by atoms with Crippen LogP contribution >= 0.6 is 0 Å². The predicted octanol–water partition coefficient (Wildman–Crippen LogP) is 18.9. The lowest BCUT2D eigenvalue weighted by Crippen LogP contribution is -2.10. The van der Waals surface area contributed by atoms with E-state index in [1.54, 1.807) is 0 Å². The first-order valence-electron chi connectivity index (χ1n) is 23.3. The van der Waals surface area contributed by atoms with Gasteiger partial charge in [0.25, 0.3) is 0 Å². The second-order valence-corrected chi connectivity index (χ2v) is 17.6. The Labute approximate surface area is 395 Å². The molecular weight excluding hydrogens is 823 g/mol. The smallest absolute Gasteiger partial charge is 0.143 e. The van der Waals surface area contributed by atoms with Gasteiger partial charge in [-0.25, -0.2) is 0 Å². The summed E-state index contributed by atoms with van der Waals surface area (Å²) in [5.74, 6) is 0. The molecule has 0 radical (unpaired) electrons. The van der Waals surface area contributed by atoms with Crippen molar-refractivity contribution in [1.82, 2.24) is 0 Å². The minimum atomic E-state index is 0.906. The highest BCUT2D eigenvalue weighted by Gasteiger charge is 2.20. The molecule has 0 spiro atoms. The Kier molecular flexibility index (Phi) is 9.54. The van der Waals surface area contributed by atoms with Crippen LogP contribution in [0.4, 0.5) is 17.1 Å². The van der Waals surface area contributed by atoms with Gasteiger partial charge in [-0.15, -0.1) is 0 Å². The largest absolute Gasteiger partial charge is 0.455 e. The second kappa shape index (κ2) is 16.5. The summed E-state index contributed by atoms with van der Waals surface area (Å²) in [4.78, 5) is 2.42. The summed E-state index contributed by atoms with van der Waals surface area (Å²) in [7, 11) is 0. The van der Waals surface area contributed by atoms with Crippen LogP contribution in [0.5, 0.6) is 0 Å². The summed E-state index contributed by atoms with van der Waals surface area (Å²) in [6, 6.07) is 94.5. The van der Waals surface area contributed by atoms with E-state index in [4.69, 9.17) is 4.42 Å². The van der Waals surface area contributed by atoms with Gasteiger partial charge in [-0.3, -0.25) is 0 Å². The number of anilines is 3. The van der Waals surface area contributed by atoms with Crippen molar-refractivity contribution in [3.05, 3.63) is 261 Å². The quantitative estimate of drug-likeness (QED) is 0.142. The van der Waals surface area contributed by atoms with E-state index in [2.05, 4.69) is 254 Å². The topological polar surface area (TPSA) is 16.4 Å². The number of hydrogen-bond acceptors (Lipinski definition) is 2. The first-order chi connectivity index (χ1) is 33.7. The maximum Gasteiger partial charge on any atom is 0.143 e. The van der Waals surface area contributed by atoms with Gasteiger partial charge in [-0.2, -0.15) is 0 Å². The van der Waals surface area contributed by atoms with Crippen molar-refractivity contribution >= 4 is 71.3 Å². The van der Waals surface area contributed by atoms with Gasteiger partial charge < -0.3 is 9.32 Å². The van der Waals surface area contributed by atoms with Gasteiger partial charge in [-0.05, 0) is 119 Å². The number of benzene rings is 12. The fourth-order valence-electron chi connectivity index (χ4n) is 10.4.